The van der Waals surface area contributed by atoms with Crippen LogP contribution in [0.5, 0.6) is 5.88 Å². The topological polar surface area (TPSA) is 57.9 Å². The number of nitrogens with one attached hydrogen (secondary N) is 1. The standard InChI is InChI=1S/C13H15FN3O/c1-18-13-9(8-15)7-11(14)12(17-13)16-10-5-3-2-4-6-10/h2,7,10H,3-6H2,1H3,(H,16,17). The number of anilines is 1. The second-order valence-corrected chi connectivity index (χ2v) is 4.27. The molecular weight excluding hydrogens is 233 g/mol. The Morgan fingerprint density at radius 1 is 1.50 bits per heavy atom. The number of nitrogens with zero attached hydrogens (tertiary/aromatic N) is 2. The van der Waals surface area contributed by atoms with Crippen LogP contribution in [0.15, 0.2) is 6.07 Å². The first-order chi connectivity index (χ1) is 8.74. The van der Waals surface area contributed by atoms with Crippen LogP contribution in [0.4, 0.5) is 10.2 Å². The minimum Gasteiger partial charge on any atom is -0.480 e. The van der Waals surface area contributed by atoms with Gasteiger partial charge in [0.05, 0.1) is 7.11 Å². The maximum Gasteiger partial charge on any atom is 0.233 e. The van der Waals surface area contributed by atoms with Crippen molar-refractivity contribution in [3.63, 3.8) is 0 Å². The van der Waals surface area contributed by atoms with Crippen molar-refractivity contribution in [3.8, 4) is 11.9 Å². The number of hydrogen-bond acceptors (Lipinski definition) is 4. The molecule has 0 atom stereocenters. The first-order valence-electron chi connectivity index (χ1n) is 5.97. The van der Waals surface area contributed by atoms with Gasteiger partial charge in [0, 0.05) is 12.1 Å². The van der Waals surface area contributed by atoms with Crippen LogP contribution in [-0.2, 0) is 0 Å². The van der Waals surface area contributed by atoms with E-state index in [2.05, 4.69) is 16.7 Å². The molecule has 1 aliphatic rings. The molecule has 0 aromatic carbocycles. The Labute approximate surface area is 106 Å². The van der Waals surface area contributed by atoms with E-state index in [0.717, 1.165) is 31.7 Å². The molecule has 1 aromatic rings. The van der Waals surface area contributed by atoms with Crippen LogP contribution in [0.2, 0.25) is 0 Å². The van der Waals surface area contributed by atoms with Crippen LogP contribution in [-0.4, -0.2) is 18.1 Å². The molecule has 1 fully saturated rings. The summed E-state index contributed by atoms with van der Waals surface area (Å²) in [5, 5.41) is 11.9. The summed E-state index contributed by atoms with van der Waals surface area (Å²) in [6.45, 7) is 0. The number of nitriles is 1. The fraction of sp³-hybridized carbons (Fsp3) is 0.462. The Morgan fingerprint density at radius 3 is 2.83 bits per heavy atom. The summed E-state index contributed by atoms with van der Waals surface area (Å²) in [5.74, 6) is -0.191. The molecule has 1 heterocycles. The fourth-order valence-corrected chi connectivity index (χ4v) is 2.07. The van der Waals surface area contributed by atoms with Gasteiger partial charge in [-0.15, -0.1) is 0 Å². The zero-order valence-corrected chi connectivity index (χ0v) is 10.2. The monoisotopic (exact) mass is 248 g/mol. The third-order valence-corrected chi connectivity index (χ3v) is 3.03. The maximum absolute atomic E-state index is 13.8. The fourth-order valence-electron chi connectivity index (χ4n) is 2.07. The largest absolute Gasteiger partial charge is 0.480 e. The van der Waals surface area contributed by atoms with Gasteiger partial charge in [0.1, 0.15) is 11.6 Å². The molecule has 1 saturated carbocycles. The van der Waals surface area contributed by atoms with Gasteiger partial charge in [0.15, 0.2) is 11.6 Å². The highest BCUT2D eigenvalue weighted by molar-refractivity contribution is 5.48. The van der Waals surface area contributed by atoms with Crippen molar-refractivity contribution in [2.45, 2.75) is 31.7 Å². The lowest BCUT2D eigenvalue weighted by molar-refractivity contribution is 0.394. The summed E-state index contributed by atoms with van der Waals surface area (Å²) >= 11 is 0. The molecular formula is C13H15FN3O. The van der Waals surface area contributed by atoms with E-state index in [1.807, 2.05) is 6.07 Å². The summed E-state index contributed by atoms with van der Waals surface area (Å²) in [5.41, 5.74) is 0.109. The van der Waals surface area contributed by atoms with Crippen LogP contribution < -0.4 is 10.1 Å². The Bertz CT molecular complexity index is 464. The smallest absolute Gasteiger partial charge is 0.233 e. The molecule has 95 valence electrons. The van der Waals surface area contributed by atoms with Gasteiger partial charge in [-0.05, 0) is 32.1 Å². The van der Waals surface area contributed by atoms with E-state index >= 15 is 0 Å². The Morgan fingerprint density at radius 2 is 2.22 bits per heavy atom. The summed E-state index contributed by atoms with van der Waals surface area (Å²) in [4.78, 5) is 4.01. The van der Waals surface area contributed by atoms with Gasteiger partial charge >= 0.3 is 0 Å². The van der Waals surface area contributed by atoms with Crippen molar-refractivity contribution in [3.05, 3.63) is 23.9 Å². The van der Waals surface area contributed by atoms with Crippen molar-refractivity contribution in [1.29, 1.82) is 5.26 Å². The molecule has 2 rings (SSSR count). The van der Waals surface area contributed by atoms with E-state index in [0.29, 0.717) is 0 Å². The van der Waals surface area contributed by atoms with Crippen molar-refractivity contribution >= 4 is 5.82 Å². The molecule has 0 unspecified atom stereocenters. The van der Waals surface area contributed by atoms with Crippen molar-refractivity contribution in [2.75, 3.05) is 12.4 Å². The molecule has 0 spiro atoms. The summed E-state index contributed by atoms with van der Waals surface area (Å²) < 4.78 is 18.7. The summed E-state index contributed by atoms with van der Waals surface area (Å²) in [6.07, 6.45) is 6.26. The Kier molecular flexibility index (Phi) is 3.98. The number of ether oxygens (including phenoxy) is 1. The zero-order valence-electron chi connectivity index (χ0n) is 10.2. The van der Waals surface area contributed by atoms with E-state index in [1.165, 1.54) is 7.11 Å². The molecule has 4 nitrogen and oxygen atoms in total. The van der Waals surface area contributed by atoms with E-state index in [-0.39, 0.29) is 23.3 Å². The number of rotatable bonds is 3. The van der Waals surface area contributed by atoms with Crippen molar-refractivity contribution < 1.29 is 9.13 Å². The highest BCUT2D eigenvalue weighted by Crippen LogP contribution is 2.25. The molecule has 1 aromatic heterocycles. The highest BCUT2D eigenvalue weighted by Gasteiger charge is 2.18. The molecule has 0 bridgehead atoms. The van der Waals surface area contributed by atoms with E-state index in [9.17, 15) is 4.39 Å². The van der Waals surface area contributed by atoms with Gasteiger partial charge in [-0.3, -0.25) is 0 Å². The molecule has 0 aliphatic heterocycles. The average molecular weight is 248 g/mol. The third kappa shape index (κ3) is 2.70. The lowest BCUT2D eigenvalue weighted by Gasteiger charge is -2.23. The SMILES string of the molecule is COc1nc(NC2CC[CH]CC2)c(F)cc1C#N. The van der Waals surface area contributed by atoms with E-state index in [4.69, 9.17) is 10.00 Å². The first kappa shape index (κ1) is 12.6. The number of pyridine rings is 1. The van der Waals surface area contributed by atoms with Crippen LogP contribution >= 0.6 is 0 Å². The normalized spacial score (nSPS) is 16.1. The lowest BCUT2D eigenvalue weighted by Crippen LogP contribution is -2.23. The van der Waals surface area contributed by atoms with Gasteiger partial charge < -0.3 is 10.1 Å². The molecule has 0 saturated heterocycles. The molecule has 1 aliphatic carbocycles. The highest BCUT2D eigenvalue weighted by atomic mass is 19.1. The number of halogens is 1. The molecule has 5 heteroatoms. The molecule has 1 N–H and O–H groups in total. The predicted octanol–water partition coefficient (Wildman–Crippen LogP) is 2.66. The van der Waals surface area contributed by atoms with Crippen molar-refractivity contribution in [2.24, 2.45) is 0 Å². The van der Waals surface area contributed by atoms with Crippen LogP contribution in [0.1, 0.15) is 31.2 Å². The summed E-state index contributed by atoms with van der Waals surface area (Å²) in [7, 11) is 1.42. The molecule has 0 amide bonds. The molecule has 18 heavy (non-hydrogen) atoms. The average Bonchev–Trinajstić information content (AvgIpc) is 2.41. The lowest BCUT2D eigenvalue weighted by atomic mass is 9.95. The minimum atomic E-state index is -0.512. The third-order valence-electron chi connectivity index (χ3n) is 3.03. The van der Waals surface area contributed by atoms with Gasteiger partial charge in [-0.1, -0.05) is 0 Å². The second-order valence-electron chi connectivity index (χ2n) is 4.27. The zero-order chi connectivity index (χ0) is 13.0. The predicted molar refractivity (Wildman–Crippen MR) is 65.6 cm³/mol. The Balaban J connectivity index is 2.19. The van der Waals surface area contributed by atoms with Gasteiger partial charge in [-0.2, -0.15) is 10.2 Å². The van der Waals surface area contributed by atoms with Crippen molar-refractivity contribution in [1.82, 2.24) is 4.98 Å². The van der Waals surface area contributed by atoms with Gasteiger partial charge in [-0.25, -0.2) is 4.39 Å². The van der Waals surface area contributed by atoms with Crippen LogP contribution in [0, 0.1) is 23.6 Å². The number of aromatic nitrogens is 1. The van der Waals surface area contributed by atoms with E-state index in [1.54, 1.807) is 0 Å². The maximum atomic E-state index is 13.8. The van der Waals surface area contributed by atoms with Crippen LogP contribution in [0.3, 0.4) is 0 Å². The second kappa shape index (κ2) is 5.67. The van der Waals surface area contributed by atoms with Gasteiger partial charge in [0.2, 0.25) is 5.88 Å². The van der Waals surface area contributed by atoms with Gasteiger partial charge in [0.25, 0.3) is 0 Å². The number of methoxy groups -OCH3 is 1. The number of hydrogen-bond donors (Lipinski definition) is 1. The Hall–Kier alpha value is -1.83. The quantitative estimate of drug-likeness (QED) is 0.893. The van der Waals surface area contributed by atoms with E-state index < -0.39 is 5.82 Å². The van der Waals surface area contributed by atoms with Crippen LogP contribution in [0.25, 0.3) is 0 Å². The minimum absolute atomic E-state index is 0.109. The molecule has 1 radical (unpaired) electrons. The summed E-state index contributed by atoms with van der Waals surface area (Å²) in [6, 6.07) is 3.24. The first-order valence-corrected chi connectivity index (χ1v) is 5.97.